The molecule has 1 aromatic rings. The Morgan fingerprint density at radius 3 is 3.18 bits per heavy atom. The third-order valence-corrected chi connectivity index (χ3v) is 1.46. The Hall–Kier alpha value is -1.06. The summed E-state index contributed by atoms with van der Waals surface area (Å²) in [5.74, 6) is 0.893. The van der Waals surface area contributed by atoms with E-state index in [9.17, 15) is 0 Å². The normalized spacial score (nSPS) is 9.18. The fraction of sp³-hybridized carbons (Fsp3) is 0.500. The second kappa shape index (κ2) is 3.95. The molecule has 0 bridgehead atoms. The van der Waals surface area contributed by atoms with E-state index in [-0.39, 0.29) is 0 Å². The third-order valence-electron chi connectivity index (χ3n) is 1.33. The van der Waals surface area contributed by atoms with Crippen LogP contribution in [0.4, 0.5) is 0 Å². The van der Waals surface area contributed by atoms with Gasteiger partial charge in [0.25, 0.3) is 0 Å². The molecular weight excluding hydrogens is 160 g/mol. The minimum Gasteiger partial charge on any atom is -0.316 e. The molecule has 0 atom stereocenters. The average molecular weight is 168 g/mol. The highest BCUT2D eigenvalue weighted by Gasteiger charge is 1.94. The smallest absolute Gasteiger partial charge is 0.129 e. The minimum absolute atomic E-state index is 0.641. The molecule has 1 aromatic heterocycles. The van der Waals surface area contributed by atoms with Crippen LogP contribution in [-0.2, 0) is 6.54 Å². The van der Waals surface area contributed by atoms with Gasteiger partial charge in [-0.3, -0.25) is 0 Å². The number of nitrogens with zero attached hydrogens (tertiary/aromatic N) is 4. The van der Waals surface area contributed by atoms with Crippen LogP contribution in [0.3, 0.4) is 0 Å². The molecule has 1 heterocycles. The van der Waals surface area contributed by atoms with Crippen LogP contribution < -0.4 is 0 Å². The van der Waals surface area contributed by atoms with E-state index in [1.54, 1.807) is 6.33 Å². The third kappa shape index (κ3) is 2.22. The van der Waals surface area contributed by atoms with Crippen molar-refractivity contribution < 1.29 is 0 Å². The largest absolute Gasteiger partial charge is 0.316 e. The SMILES string of the molecule is Cc1nncn1CCN=C=S. The summed E-state index contributed by atoms with van der Waals surface area (Å²) >= 11 is 4.42. The lowest BCUT2D eigenvalue weighted by Crippen LogP contribution is -2.01. The summed E-state index contributed by atoms with van der Waals surface area (Å²) in [6.45, 7) is 3.30. The Morgan fingerprint density at radius 2 is 2.64 bits per heavy atom. The van der Waals surface area contributed by atoms with Crippen molar-refractivity contribution in [1.82, 2.24) is 14.8 Å². The van der Waals surface area contributed by atoms with E-state index in [2.05, 4.69) is 32.6 Å². The Kier molecular flexibility index (Phi) is 2.89. The zero-order valence-corrected chi connectivity index (χ0v) is 7.01. The molecule has 0 aliphatic heterocycles. The van der Waals surface area contributed by atoms with Gasteiger partial charge in [0.05, 0.1) is 11.7 Å². The highest BCUT2D eigenvalue weighted by atomic mass is 32.1. The lowest BCUT2D eigenvalue weighted by Gasteiger charge is -1.97. The fourth-order valence-electron chi connectivity index (χ4n) is 0.736. The fourth-order valence-corrected chi connectivity index (χ4v) is 0.827. The predicted octanol–water partition coefficient (Wildman–Crippen LogP) is 0.689. The van der Waals surface area contributed by atoms with Gasteiger partial charge >= 0.3 is 0 Å². The lowest BCUT2D eigenvalue weighted by molar-refractivity contribution is 0.686. The van der Waals surface area contributed by atoms with Crippen LogP contribution in [0.25, 0.3) is 0 Å². The maximum atomic E-state index is 4.42. The van der Waals surface area contributed by atoms with Crippen molar-refractivity contribution >= 4 is 17.4 Å². The summed E-state index contributed by atoms with van der Waals surface area (Å²) in [5, 5.41) is 9.85. The van der Waals surface area contributed by atoms with Gasteiger partial charge in [0.15, 0.2) is 0 Å². The van der Waals surface area contributed by atoms with Gasteiger partial charge in [-0.15, -0.1) is 10.2 Å². The van der Waals surface area contributed by atoms with Crippen LogP contribution >= 0.6 is 12.2 Å². The molecule has 0 N–H and O–H groups in total. The van der Waals surface area contributed by atoms with Crippen LogP contribution in [0.5, 0.6) is 0 Å². The number of aliphatic imine (C=N–C) groups is 1. The Morgan fingerprint density at radius 1 is 1.82 bits per heavy atom. The predicted molar refractivity (Wildman–Crippen MR) is 44.7 cm³/mol. The molecule has 0 aliphatic carbocycles. The highest BCUT2D eigenvalue weighted by molar-refractivity contribution is 7.78. The minimum atomic E-state index is 0.641. The summed E-state index contributed by atoms with van der Waals surface area (Å²) in [4.78, 5) is 3.78. The Labute approximate surface area is 70.0 Å². The number of aryl methyl sites for hydroxylation is 1. The summed E-state index contributed by atoms with van der Waals surface area (Å²) in [7, 11) is 0. The van der Waals surface area contributed by atoms with E-state index >= 15 is 0 Å². The van der Waals surface area contributed by atoms with Gasteiger partial charge < -0.3 is 4.57 Å². The molecule has 0 radical (unpaired) electrons. The van der Waals surface area contributed by atoms with Crippen molar-refractivity contribution in [2.24, 2.45) is 4.99 Å². The second-order valence-electron chi connectivity index (χ2n) is 2.04. The first-order valence-corrected chi connectivity index (χ1v) is 3.63. The molecular formula is C6H8N4S. The number of rotatable bonds is 3. The van der Waals surface area contributed by atoms with Crippen LogP contribution in [0.2, 0.25) is 0 Å². The first-order valence-electron chi connectivity index (χ1n) is 3.22. The van der Waals surface area contributed by atoms with E-state index in [0.717, 1.165) is 12.4 Å². The summed E-state index contributed by atoms with van der Waals surface area (Å²) in [5.41, 5.74) is 0. The van der Waals surface area contributed by atoms with Crippen LogP contribution in [-0.4, -0.2) is 26.5 Å². The summed E-state index contributed by atoms with van der Waals surface area (Å²) in [6.07, 6.45) is 1.67. The molecule has 0 amide bonds. The molecule has 11 heavy (non-hydrogen) atoms. The molecule has 4 nitrogen and oxygen atoms in total. The van der Waals surface area contributed by atoms with Crippen molar-refractivity contribution in [3.8, 4) is 0 Å². The number of hydrogen-bond donors (Lipinski definition) is 0. The average Bonchev–Trinajstić information content (AvgIpc) is 2.37. The number of aromatic nitrogens is 3. The van der Waals surface area contributed by atoms with Crippen molar-refractivity contribution in [2.75, 3.05) is 6.54 Å². The van der Waals surface area contributed by atoms with Gasteiger partial charge in [0.1, 0.15) is 12.2 Å². The standard InChI is InChI=1S/C6H8N4S/c1-6-9-8-4-10(6)3-2-7-5-11/h4H,2-3H2,1H3. The van der Waals surface area contributed by atoms with Crippen molar-refractivity contribution in [3.05, 3.63) is 12.2 Å². The van der Waals surface area contributed by atoms with Crippen molar-refractivity contribution in [3.63, 3.8) is 0 Å². The van der Waals surface area contributed by atoms with E-state index in [0.29, 0.717) is 6.54 Å². The zero-order chi connectivity index (χ0) is 8.10. The second-order valence-corrected chi connectivity index (χ2v) is 2.23. The van der Waals surface area contributed by atoms with Crippen LogP contribution in [0, 0.1) is 6.92 Å². The van der Waals surface area contributed by atoms with E-state index in [1.807, 2.05) is 11.5 Å². The van der Waals surface area contributed by atoms with Gasteiger partial charge in [0.2, 0.25) is 0 Å². The first kappa shape index (κ1) is 8.04. The van der Waals surface area contributed by atoms with E-state index < -0.39 is 0 Å². The quantitative estimate of drug-likeness (QED) is 0.492. The molecule has 0 aliphatic rings. The Balaban J connectivity index is 2.50. The van der Waals surface area contributed by atoms with Crippen LogP contribution in [0.15, 0.2) is 11.3 Å². The van der Waals surface area contributed by atoms with Gasteiger partial charge in [-0.2, -0.15) is 0 Å². The van der Waals surface area contributed by atoms with Gasteiger partial charge in [-0.25, -0.2) is 4.99 Å². The van der Waals surface area contributed by atoms with E-state index in [4.69, 9.17) is 0 Å². The molecule has 1 rings (SSSR count). The van der Waals surface area contributed by atoms with E-state index in [1.165, 1.54) is 0 Å². The summed E-state index contributed by atoms with van der Waals surface area (Å²) < 4.78 is 1.91. The van der Waals surface area contributed by atoms with Crippen molar-refractivity contribution in [2.45, 2.75) is 13.5 Å². The topological polar surface area (TPSA) is 43.1 Å². The summed E-state index contributed by atoms with van der Waals surface area (Å²) in [6, 6.07) is 0. The molecule has 0 saturated carbocycles. The zero-order valence-electron chi connectivity index (χ0n) is 6.19. The Bertz CT molecular complexity index is 274. The molecule has 5 heteroatoms. The number of isothiocyanates is 1. The lowest BCUT2D eigenvalue weighted by atomic mass is 10.6. The highest BCUT2D eigenvalue weighted by Crippen LogP contribution is 1.90. The van der Waals surface area contributed by atoms with Gasteiger partial charge in [-0.05, 0) is 19.1 Å². The molecule has 0 fully saturated rings. The van der Waals surface area contributed by atoms with Crippen LogP contribution in [0.1, 0.15) is 5.82 Å². The number of thiocarbonyl (C=S) groups is 1. The molecule has 0 unspecified atom stereocenters. The number of hydrogen-bond acceptors (Lipinski definition) is 4. The van der Waals surface area contributed by atoms with Gasteiger partial charge in [0, 0.05) is 6.54 Å². The van der Waals surface area contributed by atoms with Crippen molar-refractivity contribution in [1.29, 1.82) is 0 Å². The maximum absolute atomic E-state index is 4.42. The maximum Gasteiger partial charge on any atom is 0.129 e. The monoisotopic (exact) mass is 168 g/mol. The molecule has 58 valence electrons. The van der Waals surface area contributed by atoms with Gasteiger partial charge in [-0.1, -0.05) is 0 Å². The first-order chi connectivity index (χ1) is 5.34. The molecule has 0 spiro atoms. The molecule has 0 saturated heterocycles. The molecule has 0 aromatic carbocycles.